The lowest BCUT2D eigenvalue weighted by Crippen LogP contribution is -2.09. The molecule has 0 aliphatic rings. The second kappa shape index (κ2) is 10.2. The standard InChI is InChI=1S/C24H25NO4/c1-18-7-5-10-21(15-18)27-13-6-14-28-23-16-20(11-12-22(23)25)24(26)29-17-19-8-3-2-4-9-19/h2-5,7-12,15-16H,6,13-14,17,25H2,1H3. The SMILES string of the molecule is Cc1cccc(OCCCOc2cc(C(=O)OCc3ccccc3)ccc2N)c1. The van der Waals surface area contributed by atoms with Crippen LogP contribution in [0.1, 0.15) is 27.9 Å². The molecule has 0 fully saturated rings. The number of hydrogen-bond donors (Lipinski definition) is 1. The van der Waals surface area contributed by atoms with Crippen molar-refractivity contribution in [2.75, 3.05) is 18.9 Å². The van der Waals surface area contributed by atoms with Crippen molar-refractivity contribution in [3.8, 4) is 11.5 Å². The molecule has 0 amide bonds. The van der Waals surface area contributed by atoms with E-state index in [2.05, 4.69) is 0 Å². The third-order valence-electron chi connectivity index (χ3n) is 4.27. The number of rotatable bonds is 9. The zero-order chi connectivity index (χ0) is 20.5. The molecule has 3 aromatic carbocycles. The van der Waals surface area contributed by atoms with Crippen molar-refractivity contribution < 1.29 is 19.0 Å². The molecule has 5 nitrogen and oxygen atoms in total. The van der Waals surface area contributed by atoms with E-state index >= 15 is 0 Å². The first-order valence-corrected chi connectivity index (χ1v) is 9.54. The van der Waals surface area contributed by atoms with Crippen LogP contribution in [-0.4, -0.2) is 19.2 Å². The summed E-state index contributed by atoms with van der Waals surface area (Å²) in [5.74, 6) is 0.892. The number of carbonyl (C=O) groups excluding carboxylic acids is 1. The molecule has 0 heterocycles. The molecular formula is C24H25NO4. The maximum absolute atomic E-state index is 12.3. The summed E-state index contributed by atoms with van der Waals surface area (Å²) in [7, 11) is 0. The van der Waals surface area contributed by atoms with Crippen LogP contribution in [0.3, 0.4) is 0 Å². The van der Waals surface area contributed by atoms with Gasteiger partial charge in [0.15, 0.2) is 0 Å². The molecule has 0 spiro atoms. The van der Waals surface area contributed by atoms with Crippen molar-refractivity contribution in [3.63, 3.8) is 0 Å². The summed E-state index contributed by atoms with van der Waals surface area (Å²) in [4.78, 5) is 12.3. The Labute approximate surface area is 171 Å². The van der Waals surface area contributed by atoms with Crippen LogP contribution in [-0.2, 0) is 11.3 Å². The van der Waals surface area contributed by atoms with Crippen molar-refractivity contribution in [1.82, 2.24) is 0 Å². The Kier molecular flexibility index (Phi) is 7.11. The van der Waals surface area contributed by atoms with Crippen LogP contribution in [0.2, 0.25) is 0 Å². The average Bonchev–Trinajstić information content (AvgIpc) is 2.74. The number of anilines is 1. The van der Waals surface area contributed by atoms with Crippen molar-refractivity contribution >= 4 is 11.7 Å². The second-order valence-corrected chi connectivity index (χ2v) is 6.68. The van der Waals surface area contributed by atoms with Crippen molar-refractivity contribution in [2.45, 2.75) is 20.0 Å². The lowest BCUT2D eigenvalue weighted by molar-refractivity contribution is 0.0472. The van der Waals surface area contributed by atoms with Gasteiger partial charge in [-0.3, -0.25) is 0 Å². The molecule has 0 unspecified atom stereocenters. The van der Waals surface area contributed by atoms with Gasteiger partial charge in [-0.15, -0.1) is 0 Å². The molecule has 3 rings (SSSR count). The van der Waals surface area contributed by atoms with Crippen LogP contribution in [0.25, 0.3) is 0 Å². The number of nitrogen functional groups attached to an aromatic ring is 1. The van der Waals surface area contributed by atoms with E-state index in [1.165, 1.54) is 0 Å². The zero-order valence-corrected chi connectivity index (χ0v) is 16.5. The highest BCUT2D eigenvalue weighted by molar-refractivity contribution is 5.90. The van der Waals surface area contributed by atoms with Gasteiger partial charge in [-0.05, 0) is 48.4 Å². The first-order valence-electron chi connectivity index (χ1n) is 9.54. The van der Waals surface area contributed by atoms with E-state index in [4.69, 9.17) is 19.9 Å². The highest BCUT2D eigenvalue weighted by atomic mass is 16.5. The number of benzene rings is 3. The van der Waals surface area contributed by atoms with E-state index < -0.39 is 5.97 Å². The topological polar surface area (TPSA) is 70.8 Å². The Balaban J connectivity index is 1.47. The highest BCUT2D eigenvalue weighted by Gasteiger charge is 2.11. The summed E-state index contributed by atoms with van der Waals surface area (Å²) in [5, 5.41) is 0. The Morgan fingerprint density at radius 1 is 0.897 bits per heavy atom. The van der Waals surface area contributed by atoms with E-state index in [-0.39, 0.29) is 6.61 Å². The summed E-state index contributed by atoms with van der Waals surface area (Å²) in [6.45, 7) is 3.20. The highest BCUT2D eigenvalue weighted by Crippen LogP contribution is 2.24. The Morgan fingerprint density at radius 2 is 1.69 bits per heavy atom. The minimum atomic E-state index is -0.415. The zero-order valence-electron chi connectivity index (χ0n) is 16.5. The summed E-state index contributed by atoms with van der Waals surface area (Å²) in [6.07, 6.45) is 0.691. The van der Waals surface area contributed by atoms with Crippen LogP contribution in [0.5, 0.6) is 11.5 Å². The average molecular weight is 391 g/mol. The van der Waals surface area contributed by atoms with Gasteiger partial charge in [-0.25, -0.2) is 4.79 Å². The Hall–Kier alpha value is -3.47. The largest absolute Gasteiger partial charge is 0.493 e. The molecule has 0 bridgehead atoms. The van der Waals surface area contributed by atoms with E-state index in [0.29, 0.717) is 36.6 Å². The third kappa shape index (κ3) is 6.28. The third-order valence-corrected chi connectivity index (χ3v) is 4.27. The minimum Gasteiger partial charge on any atom is -0.493 e. The number of nitrogens with two attached hydrogens (primary N) is 1. The van der Waals surface area contributed by atoms with Crippen LogP contribution in [0, 0.1) is 6.92 Å². The Bertz CT molecular complexity index is 941. The van der Waals surface area contributed by atoms with Gasteiger partial charge in [0.2, 0.25) is 0 Å². The fourth-order valence-corrected chi connectivity index (χ4v) is 2.73. The van der Waals surface area contributed by atoms with Crippen LogP contribution in [0.4, 0.5) is 5.69 Å². The van der Waals surface area contributed by atoms with Gasteiger partial charge in [0.05, 0.1) is 24.5 Å². The monoisotopic (exact) mass is 391 g/mol. The molecule has 150 valence electrons. The van der Waals surface area contributed by atoms with Gasteiger partial charge in [-0.2, -0.15) is 0 Å². The summed E-state index contributed by atoms with van der Waals surface area (Å²) >= 11 is 0. The molecule has 5 heteroatoms. The molecule has 0 radical (unpaired) electrons. The van der Waals surface area contributed by atoms with Crippen molar-refractivity contribution in [1.29, 1.82) is 0 Å². The Morgan fingerprint density at radius 3 is 2.48 bits per heavy atom. The van der Waals surface area contributed by atoms with Crippen molar-refractivity contribution in [3.05, 3.63) is 89.5 Å². The summed E-state index contributed by atoms with van der Waals surface area (Å²) < 4.78 is 16.8. The second-order valence-electron chi connectivity index (χ2n) is 6.68. The maximum atomic E-state index is 12.3. The molecular weight excluding hydrogens is 366 g/mol. The van der Waals surface area contributed by atoms with E-state index in [9.17, 15) is 4.79 Å². The van der Waals surface area contributed by atoms with Gasteiger partial charge < -0.3 is 19.9 Å². The maximum Gasteiger partial charge on any atom is 0.338 e. The lowest BCUT2D eigenvalue weighted by Gasteiger charge is -2.11. The van der Waals surface area contributed by atoms with Crippen molar-refractivity contribution in [2.24, 2.45) is 0 Å². The van der Waals surface area contributed by atoms with Gasteiger partial charge in [-0.1, -0.05) is 42.5 Å². The van der Waals surface area contributed by atoms with E-state index in [1.54, 1.807) is 18.2 Å². The molecule has 0 saturated carbocycles. The lowest BCUT2D eigenvalue weighted by atomic mass is 10.2. The summed E-state index contributed by atoms with van der Waals surface area (Å²) in [6, 6.07) is 22.3. The summed E-state index contributed by atoms with van der Waals surface area (Å²) in [5.41, 5.74) is 8.94. The number of esters is 1. The first kappa shape index (κ1) is 20.3. The number of ether oxygens (including phenoxy) is 3. The van der Waals surface area contributed by atoms with Crippen LogP contribution in [0.15, 0.2) is 72.8 Å². The molecule has 0 aliphatic carbocycles. The number of hydrogen-bond acceptors (Lipinski definition) is 5. The number of carbonyl (C=O) groups is 1. The minimum absolute atomic E-state index is 0.219. The molecule has 0 saturated heterocycles. The fraction of sp³-hybridized carbons (Fsp3) is 0.208. The van der Waals surface area contributed by atoms with Gasteiger partial charge >= 0.3 is 5.97 Å². The normalized spacial score (nSPS) is 10.4. The van der Waals surface area contributed by atoms with Gasteiger partial charge in [0.1, 0.15) is 18.1 Å². The molecule has 2 N–H and O–H groups in total. The van der Waals surface area contributed by atoms with E-state index in [1.807, 2.05) is 61.5 Å². The van der Waals surface area contributed by atoms with Crippen LogP contribution >= 0.6 is 0 Å². The quantitative estimate of drug-likeness (QED) is 0.323. The fourth-order valence-electron chi connectivity index (χ4n) is 2.73. The van der Waals surface area contributed by atoms with Crippen LogP contribution < -0.4 is 15.2 Å². The molecule has 0 atom stereocenters. The predicted octanol–water partition coefficient (Wildman–Crippen LogP) is 4.78. The molecule has 0 aliphatic heterocycles. The van der Waals surface area contributed by atoms with Gasteiger partial charge in [0, 0.05) is 6.42 Å². The smallest absolute Gasteiger partial charge is 0.338 e. The molecule has 3 aromatic rings. The predicted molar refractivity (Wildman–Crippen MR) is 113 cm³/mol. The number of aryl methyl sites for hydroxylation is 1. The van der Waals surface area contributed by atoms with Gasteiger partial charge in [0.25, 0.3) is 0 Å². The first-order chi connectivity index (χ1) is 14.1. The van der Waals surface area contributed by atoms with E-state index in [0.717, 1.165) is 16.9 Å². The molecule has 29 heavy (non-hydrogen) atoms. The molecule has 0 aromatic heterocycles.